The largest absolute Gasteiger partial charge is 0.477 e. The van der Waals surface area contributed by atoms with Crippen LogP contribution in [-0.2, 0) is 4.79 Å². The second-order valence-electron chi connectivity index (χ2n) is 3.25. The van der Waals surface area contributed by atoms with Gasteiger partial charge < -0.3 is 10.5 Å². The molecule has 7 heteroatoms. The predicted octanol–water partition coefficient (Wildman–Crippen LogP) is 0.662. The number of nitro benzene ring substituents is 1. The standard InChI is InChI=1S/C10H10N2O5/c1-6(13)7-2-3-9(17-5-10(11)14)8(4-7)12(15)16/h2-4H,5H2,1H3,(H2,11,14). The van der Waals surface area contributed by atoms with E-state index in [1.165, 1.54) is 19.1 Å². The number of nitrogens with zero attached hydrogens (tertiary/aromatic N) is 1. The Balaban J connectivity index is 3.08. The maximum Gasteiger partial charge on any atom is 0.311 e. The quantitative estimate of drug-likeness (QED) is 0.460. The summed E-state index contributed by atoms with van der Waals surface area (Å²) in [5.74, 6) is -1.14. The Labute approximate surface area is 96.3 Å². The summed E-state index contributed by atoms with van der Waals surface area (Å²) >= 11 is 0. The molecule has 90 valence electrons. The fraction of sp³-hybridized carbons (Fsp3) is 0.200. The summed E-state index contributed by atoms with van der Waals surface area (Å²) in [6, 6.07) is 3.74. The van der Waals surface area contributed by atoms with Gasteiger partial charge in [-0.3, -0.25) is 19.7 Å². The number of primary amides is 1. The van der Waals surface area contributed by atoms with Gasteiger partial charge in [0.25, 0.3) is 5.91 Å². The van der Waals surface area contributed by atoms with Crippen molar-refractivity contribution < 1.29 is 19.2 Å². The SMILES string of the molecule is CC(=O)c1ccc(OCC(N)=O)c([N+](=O)[O-])c1. The second-order valence-corrected chi connectivity index (χ2v) is 3.25. The highest BCUT2D eigenvalue weighted by Gasteiger charge is 2.17. The van der Waals surface area contributed by atoms with Crippen molar-refractivity contribution in [3.05, 3.63) is 33.9 Å². The zero-order valence-electron chi connectivity index (χ0n) is 9.00. The highest BCUT2D eigenvalue weighted by molar-refractivity contribution is 5.95. The third-order valence-corrected chi connectivity index (χ3v) is 1.93. The van der Waals surface area contributed by atoms with Gasteiger partial charge in [0.15, 0.2) is 18.1 Å². The first-order valence-electron chi connectivity index (χ1n) is 4.62. The van der Waals surface area contributed by atoms with Crippen LogP contribution < -0.4 is 10.5 Å². The molecule has 0 bridgehead atoms. The van der Waals surface area contributed by atoms with Crippen LogP contribution in [0, 0.1) is 10.1 Å². The molecular formula is C10H10N2O5. The third-order valence-electron chi connectivity index (χ3n) is 1.93. The number of nitrogens with two attached hydrogens (primary N) is 1. The maximum atomic E-state index is 11.1. The number of amides is 1. The molecule has 1 aromatic rings. The minimum atomic E-state index is -0.741. The zero-order chi connectivity index (χ0) is 13.0. The molecule has 0 aliphatic heterocycles. The number of Topliss-reactive ketones (excluding diaryl/α,β-unsaturated/α-hetero) is 1. The fourth-order valence-corrected chi connectivity index (χ4v) is 1.15. The van der Waals surface area contributed by atoms with E-state index >= 15 is 0 Å². The third kappa shape index (κ3) is 3.26. The average Bonchev–Trinajstić information content (AvgIpc) is 2.25. The summed E-state index contributed by atoms with van der Waals surface area (Å²) in [7, 11) is 0. The van der Waals surface area contributed by atoms with Crippen molar-refractivity contribution in [3.63, 3.8) is 0 Å². The van der Waals surface area contributed by atoms with Crippen molar-refractivity contribution in [1.29, 1.82) is 0 Å². The highest BCUT2D eigenvalue weighted by atomic mass is 16.6. The van der Waals surface area contributed by atoms with Crippen LogP contribution in [0.25, 0.3) is 0 Å². The summed E-state index contributed by atoms with van der Waals surface area (Å²) in [5.41, 5.74) is 4.68. The number of carbonyl (C=O) groups is 2. The first-order valence-corrected chi connectivity index (χ1v) is 4.62. The molecule has 7 nitrogen and oxygen atoms in total. The van der Waals surface area contributed by atoms with Crippen molar-refractivity contribution in [1.82, 2.24) is 0 Å². The van der Waals surface area contributed by atoms with E-state index in [2.05, 4.69) is 0 Å². The van der Waals surface area contributed by atoms with Crippen LogP contribution in [0.4, 0.5) is 5.69 Å². The van der Waals surface area contributed by atoms with Crippen molar-refractivity contribution in [2.45, 2.75) is 6.92 Å². The van der Waals surface area contributed by atoms with Crippen LogP contribution >= 0.6 is 0 Å². The minimum Gasteiger partial charge on any atom is -0.477 e. The molecular weight excluding hydrogens is 228 g/mol. The summed E-state index contributed by atoms with van der Waals surface area (Å²) in [6.07, 6.45) is 0. The molecule has 0 heterocycles. The molecule has 1 aromatic carbocycles. The van der Waals surface area contributed by atoms with E-state index in [1.54, 1.807) is 0 Å². The summed E-state index contributed by atoms with van der Waals surface area (Å²) < 4.78 is 4.87. The minimum absolute atomic E-state index is 0.0983. The number of benzene rings is 1. The maximum absolute atomic E-state index is 11.1. The van der Waals surface area contributed by atoms with Gasteiger partial charge in [0.05, 0.1) is 4.92 Å². The van der Waals surface area contributed by atoms with Crippen LogP contribution in [0.1, 0.15) is 17.3 Å². The lowest BCUT2D eigenvalue weighted by molar-refractivity contribution is -0.385. The van der Waals surface area contributed by atoms with Crippen LogP contribution in [0.3, 0.4) is 0 Å². The van der Waals surface area contributed by atoms with E-state index in [4.69, 9.17) is 10.5 Å². The van der Waals surface area contributed by atoms with Crippen molar-refractivity contribution in [2.24, 2.45) is 5.73 Å². The molecule has 0 saturated heterocycles. The molecule has 0 radical (unpaired) electrons. The van der Waals surface area contributed by atoms with Gasteiger partial charge in [-0.05, 0) is 19.1 Å². The average molecular weight is 238 g/mol. The summed E-state index contributed by atoms with van der Waals surface area (Å²) in [5, 5.41) is 10.7. The Morgan fingerprint density at radius 2 is 2.12 bits per heavy atom. The molecule has 0 spiro atoms. The molecule has 0 fully saturated rings. The Morgan fingerprint density at radius 3 is 2.59 bits per heavy atom. The molecule has 17 heavy (non-hydrogen) atoms. The zero-order valence-corrected chi connectivity index (χ0v) is 9.00. The second kappa shape index (κ2) is 5.06. The van der Waals surface area contributed by atoms with Crippen molar-refractivity contribution in [3.8, 4) is 5.75 Å². The van der Waals surface area contributed by atoms with Gasteiger partial charge in [0, 0.05) is 11.6 Å². The molecule has 0 saturated carbocycles. The van der Waals surface area contributed by atoms with E-state index < -0.39 is 17.4 Å². The molecule has 2 N–H and O–H groups in total. The van der Waals surface area contributed by atoms with Gasteiger partial charge in [0.2, 0.25) is 0 Å². The first kappa shape index (κ1) is 12.6. The molecule has 0 aromatic heterocycles. The van der Waals surface area contributed by atoms with E-state index in [0.717, 1.165) is 6.07 Å². The lowest BCUT2D eigenvalue weighted by Gasteiger charge is -2.05. The van der Waals surface area contributed by atoms with Gasteiger partial charge in [-0.1, -0.05) is 0 Å². The number of nitro groups is 1. The van der Waals surface area contributed by atoms with Gasteiger partial charge >= 0.3 is 5.69 Å². The lowest BCUT2D eigenvalue weighted by atomic mass is 10.1. The van der Waals surface area contributed by atoms with Crippen LogP contribution in [-0.4, -0.2) is 23.2 Å². The van der Waals surface area contributed by atoms with Gasteiger partial charge in [-0.15, -0.1) is 0 Å². The Hall–Kier alpha value is -2.44. The first-order chi connectivity index (χ1) is 7.91. The smallest absolute Gasteiger partial charge is 0.311 e. The number of ketones is 1. The highest BCUT2D eigenvalue weighted by Crippen LogP contribution is 2.28. The monoisotopic (exact) mass is 238 g/mol. The normalized spacial score (nSPS) is 9.71. The van der Waals surface area contributed by atoms with Crippen molar-refractivity contribution >= 4 is 17.4 Å². The van der Waals surface area contributed by atoms with Gasteiger partial charge in [-0.25, -0.2) is 0 Å². The number of rotatable bonds is 5. The van der Waals surface area contributed by atoms with E-state index in [-0.39, 0.29) is 22.8 Å². The van der Waals surface area contributed by atoms with Gasteiger partial charge in [0.1, 0.15) is 0 Å². The number of hydrogen-bond donors (Lipinski definition) is 1. The molecule has 1 rings (SSSR count). The number of hydrogen-bond acceptors (Lipinski definition) is 5. The molecule has 0 atom stereocenters. The van der Waals surface area contributed by atoms with E-state index in [0.29, 0.717) is 0 Å². The Kier molecular flexibility index (Phi) is 3.76. The predicted molar refractivity (Wildman–Crippen MR) is 57.8 cm³/mol. The van der Waals surface area contributed by atoms with Crippen LogP contribution in [0.15, 0.2) is 18.2 Å². The number of ether oxygens (including phenoxy) is 1. The lowest BCUT2D eigenvalue weighted by Crippen LogP contribution is -2.20. The summed E-state index contributed by atoms with van der Waals surface area (Å²) in [4.78, 5) is 31.6. The topological polar surface area (TPSA) is 113 Å². The van der Waals surface area contributed by atoms with E-state index in [1.807, 2.05) is 0 Å². The van der Waals surface area contributed by atoms with Gasteiger partial charge in [-0.2, -0.15) is 0 Å². The van der Waals surface area contributed by atoms with Crippen LogP contribution in [0.5, 0.6) is 5.75 Å². The molecule has 0 unspecified atom stereocenters. The Morgan fingerprint density at radius 1 is 1.47 bits per heavy atom. The van der Waals surface area contributed by atoms with Crippen molar-refractivity contribution in [2.75, 3.05) is 6.61 Å². The molecule has 0 aliphatic rings. The molecule has 1 amide bonds. The molecule has 0 aliphatic carbocycles. The van der Waals surface area contributed by atoms with Crippen LogP contribution in [0.2, 0.25) is 0 Å². The fourth-order valence-electron chi connectivity index (χ4n) is 1.15. The summed E-state index contributed by atoms with van der Waals surface area (Å²) in [6.45, 7) is 0.837. The number of carbonyl (C=O) groups excluding carboxylic acids is 2. The Bertz CT molecular complexity index is 484. The van der Waals surface area contributed by atoms with E-state index in [9.17, 15) is 19.7 Å².